The Kier molecular flexibility index (Phi) is 3.22. The highest BCUT2D eigenvalue weighted by atomic mass is 32.2. The molecule has 2 aromatic rings. The Morgan fingerprint density at radius 1 is 1.19 bits per heavy atom. The van der Waals surface area contributed by atoms with E-state index in [2.05, 4.69) is 0 Å². The topological polar surface area (TPSA) is 43.4 Å². The quantitative estimate of drug-likeness (QED) is 0.766. The van der Waals surface area contributed by atoms with Crippen molar-refractivity contribution in [3.8, 4) is 0 Å². The highest BCUT2D eigenvalue weighted by Gasteiger charge is 2.04. The Hall–Kier alpha value is -1.39. The molecule has 1 atom stereocenters. The molecule has 16 heavy (non-hydrogen) atoms. The second-order valence-electron chi connectivity index (χ2n) is 3.44. The minimum atomic E-state index is -2.21. The van der Waals surface area contributed by atoms with Crippen molar-refractivity contribution in [1.29, 1.82) is 0 Å². The molecule has 84 valence electrons. The van der Waals surface area contributed by atoms with E-state index in [1.807, 2.05) is 49.4 Å². The van der Waals surface area contributed by atoms with Crippen molar-refractivity contribution >= 4 is 27.7 Å². The van der Waals surface area contributed by atoms with Gasteiger partial charge in [0.05, 0.1) is 0 Å². The van der Waals surface area contributed by atoms with Gasteiger partial charge in [0, 0.05) is 23.5 Å². The van der Waals surface area contributed by atoms with Gasteiger partial charge in [0.2, 0.25) is 0 Å². The maximum Gasteiger partial charge on any atom is 0.0488 e. The van der Waals surface area contributed by atoms with Crippen LogP contribution in [0.4, 0.5) is 5.69 Å². The number of hydrogen-bond acceptors (Lipinski definition) is 2. The van der Waals surface area contributed by atoms with Gasteiger partial charge in [0.1, 0.15) is 0 Å². The van der Waals surface area contributed by atoms with E-state index in [0.29, 0.717) is 12.2 Å². The number of fused-ring (bicyclic) bond motifs is 1. The smallest absolute Gasteiger partial charge is 0.0488 e. The van der Waals surface area contributed by atoms with Crippen molar-refractivity contribution in [2.24, 2.45) is 0 Å². The minimum absolute atomic E-state index is 0.439. The molecule has 3 nitrogen and oxygen atoms in total. The molecular formula is C12H12NO2S-. The van der Waals surface area contributed by atoms with Gasteiger partial charge in [0.15, 0.2) is 0 Å². The van der Waals surface area contributed by atoms with Crippen molar-refractivity contribution in [3.63, 3.8) is 0 Å². The first-order chi connectivity index (χ1) is 7.72. The molecule has 0 heterocycles. The third-order valence-electron chi connectivity index (χ3n) is 2.49. The number of benzene rings is 2. The molecule has 2 aromatic carbocycles. The average molecular weight is 234 g/mol. The van der Waals surface area contributed by atoms with Crippen LogP contribution in [0.3, 0.4) is 0 Å². The lowest BCUT2D eigenvalue weighted by Crippen LogP contribution is -2.24. The molecule has 0 aliphatic carbocycles. The molecule has 1 unspecified atom stereocenters. The van der Waals surface area contributed by atoms with Crippen LogP contribution in [0.5, 0.6) is 0 Å². The predicted octanol–water partition coefficient (Wildman–Crippen LogP) is 2.46. The zero-order valence-corrected chi connectivity index (χ0v) is 9.74. The highest BCUT2D eigenvalue weighted by Crippen LogP contribution is 2.22. The molecule has 0 fully saturated rings. The van der Waals surface area contributed by atoms with E-state index >= 15 is 0 Å². The minimum Gasteiger partial charge on any atom is -0.755 e. The van der Waals surface area contributed by atoms with E-state index in [9.17, 15) is 8.76 Å². The molecule has 0 radical (unpaired) electrons. The van der Waals surface area contributed by atoms with Crippen LogP contribution < -0.4 is 4.31 Å². The van der Waals surface area contributed by atoms with Crippen LogP contribution in [0.1, 0.15) is 6.92 Å². The SMILES string of the molecule is CCN(c1ccc2ccccc2c1)S(=O)[O-]. The van der Waals surface area contributed by atoms with Gasteiger partial charge in [0.25, 0.3) is 0 Å². The van der Waals surface area contributed by atoms with Gasteiger partial charge in [-0.1, -0.05) is 30.3 Å². The second-order valence-corrected chi connectivity index (χ2v) is 4.32. The summed E-state index contributed by atoms with van der Waals surface area (Å²) in [5, 5.41) is 2.16. The Labute approximate surface area is 97.1 Å². The van der Waals surface area contributed by atoms with Gasteiger partial charge in [-0.15, -0.1) is 0 Å². The van der Waals surface area contributed by atoms with Crippen LogP contribution in [0, 0.1) is 0 Å². The third kappa shape index (κ3) is 2.08. The molecule has 0 spiro atoms. The summed E-state index contributed by atoms with van der Waals surface area (Å²) in [6.45, 7) is 2.25. The molecule has 0 aliphatic heterocycles. The summed E-state index contributed by atoms with van der Waals surface area (Å²) in [4.78, 5) is 0. The van der Waals surface area contributed by atoms with Crippen LogP contribution in [0.15, 0.2) is 42.5 Å². The van der Waals surface area contributed by atoms with E-state index in [-0.39, 0.29) is 0 Å². The monoisotopic (exact) mass is 234 g/mol. The van der Waals surface area contributed by atoms with Gasteiger partial charge in [-0.25, -0.2) is 0 Å². The lowest BCUT2D eigenvalue weighted by Gasteiger charge is -2.24. The zero-order chi connectivity index (χ0) is 11.5. The van der Waals surface area contributed by atoms with Crippen molar-refractivity contribution in [2.75, 3.05) is 10.8 Å². The van der Waals surface area contributed by atoms with Crippen molar-refractivity contribution in [2.45, 2.75) is 6.92 Å². The van der Waals surface area contributed by atoms with Gasteiger partial charge < -0.3 is 8.86 Å². The summed E-state index contributed by atoms with van der Waals surface area (Å²) in [7, 11) is 0. The molecule has 4 heteroatoms. The summed E-state index contributed by atoms with van der Waals surface area (Å²) in [5.41, 5.74) is 0.703. The molecule has 0 aliphatic rings. The molecule has 0 amide bonds. The maximum absolute atomic E-state index is 11.0. The summed E-state index contributed by atoms with van der Waals surface area (Å²) < 4.78 is 23.3. The first kappa shape index (κ1) is 11.1. The van der Waals surface area contributed by atoms with E-state index in [1.54, 1.807) is 0 Å². The molecule has 0 bridgehead atoms. The van der Waals surface area contributed by atoms with E-state index in [1.165, 1.54) is 4.31 Å². The Balaban J connectivity index is 2.49. The molecular weight excluding hydrogens is 222 g/mol. The maximum atomic E-state index is 11.0. The number of nitrogens with zero attached hydrogens (tertiary/aromatic N) is 1. The molecule has 0 N–H and O–H groups in total. The zero-order valence-electron chi connectivity index (χ0n) is 8.92. The van der Waals surface area contributed by atoms with Gasteiger partial charge in [-0.2, -0.15) is 0 Å². The van der Waals surface area contributed by atoms with Gasteiger partial charge in [-0.3, -0.25) is 4.21 Å². The van der Waals surface area contributed by atoms with E-state index < -0.39 is 11.3 Å². The van der Waals surface area contributed by atoms with Crippen LogP contribution in [-0.4, -0.2) is 15.3 Å². The van der Waals surface area contributed by atoms with Crippen LogP contribution in [0.2, 0.25) is 0 Å². The molecule has 2 rings (SSSR count). The lowest BCUT2D eigenvalue weighted by molar-refractivity contribution is 0.533. The molecule has 0 saturated heterocycles. The van der Waals surface area contributed by atoms with Crippen molar-refractivity contribution < 1.29 is 8.76 Å². The van der Waals surface area contributed by atoms with Crippen molar-refractivity contribution in [3.05, 3.63) is 42.5 Å². The predicted molar refractivity (Wildman–Crippen MR) is 65.9 cm³/mol. The van der Waals surface area contributed by atoms with Gasteiger partial charge >= 0.3 is 0 Å². The standard InChI is InChI=1S/C12H13NO2S/c1-2-13(16(14)15)12-8-7-10-5-3-4-6-11(10)9-12/h3-9H,2H2,1H3,(H,14,15)/p-1. The number of rotatable bonds is 3. The summed E-state index contributed by atoms with van der Waals surface area (Å²) in [6, 6.07) is 13.5. The fourth-order valence-corrected chi connectivity index (χ4v) is 2.20. The number of hydrogen-bond donors (Lipinski definition) is 0. The molecule has 0 saturated carbocycles. The van der Waals surface area contributed by atoms with Gasteiger partial charge in [-0.05, 0) is 29.8 Å². The second kappa shape index (κ2) is 4.63. The van der Waals surface area contributed by atoms with E-state index in [0.717, 1.165) is 10.8 Å². The normalized spacial score (nSPS) is 12.6. The first-order valence-corrected chi connectivity index (χ1v) is 6.11. The first-order valence-electron chi connectivity index (χ1n) is 5.08. The summed E-state index contributed by atoms with van der Waals surface area (Å²) in [6.07, 6.45) is 0. The fraction of sp³-hybridized carbons (Fsp3) is 0.167. The van der Waals surface area contributed by atoms with Crippen LogP contribution in [-0.2, 0) is 11.3 Å². The Morgan fingerprint density at radius 2 is 1.88 bits per heavy atom. The summed E-state index contributed by atoms with van der Waals surface area (Å²) >= 11 is -2.21. The highest BCUT2D eigenvalue weighted by molar-refractivity contribution is 7.80. The number of anilines is 1. The van der Waals surface area contributed by atoms with Crippen LogP contribution >= 0.6 is 0 Å². The van der Waals surface area contributed by atoms with Crippen LogP contribution in [0.25, 0.3) is 10.8 Å². The molecule has 0 aromatic heterocycles. The average Bonchev–Trinajstić information content (AvgIpc) is 2.29. The Morgan fingerprint density at radius 3 is 2.50 bits per heavy atom. The largest absolute Gasteiger partial charge is 0.755 e. The van der Waals surface area contributed by atoms with E-state index in [4.69, 9.17) is 0 Å². The third-order valence-corrected chi connectivity index (χ3v) is 3.32. The lowest BCUT2D eigenvalue weighted by atomic mass is 10.1. The van der Waals surface area contributed by atoms with Crippen molar-refractivity contribution in [1.82, 2.24) is 0 Å². The fourth-order valence-electron chi connectivity index (χ4n) is 1.71. The Bertz CT molecular complexity index is 527. The summed E-state index contributed by atoms with van der Waals surface area (Å²) in [5.74, 6) is 0.